The highest BCUT2D eigenvalue weighted by Crippen LogP contribution is 1.92. The minimum absolute atomic E-state index is 0.961. The summed E-state index contributed by atoms with van der Waals surface area (Å²) in [7, 11) is 1.95. The third-order valence-electron chi connectivity index (χ3n) is 1.31. The van der Waals surface area contributed by atoms with Crippen LogP contribution in [0.15, 0.2) is 0 Å². The van der Waals surface area contributed by atoms with Crippen molar-refractivity contribution in [2.45, 2.75) is 27.7 Å². The van der Waals surface area contributed by atoms with Gasteiger partial charge in [-0.2, -0.15) is 0 Å². The van der Waals surface area contributed by atoms with Crippen molar-refractivity contribution in [1.29, 1.82) is 0 Å². The third kappa shape index (κ3) is 1.83. The molecule has 0 amide bonds. The van der Waals surface area contributed by atoms with Gasteiger partial charge in [0.15, 0.2) is 0 Å². The Morgan fingerprint density at radius 2 is 1.30 bits per heavy atom. The second kappa shape index (κ2) is 4.04. The number of rotatable bonds is 0. The smallest absolute Gasteiger partial charge is 0.129 e. The molecule has 0 fully saturated rings. The predicted molar refractivity (Wildman–Crippen MR) is 41.8 cm³/mol. The SMILES string of the molecule is CC.Cc1nnc(C)n1C. The first-order chi connectivity index (χ1) is 4.72. The van der Waals surface area contributed by atoms with Crippen LogP contribution in [0.4, 0.5) is 0 Å². The van der Waals surface area contributed by atoms with Crippen molar-refractivity contribution in [3.05, 3.63) is 11.6 Å². The summed E-state index contributed by atoms with van der Waals surface area (Å²) in [6.45, 7) is 7.86. The monoisotopic (exact) mass is 141 g/mol. The van der Waals surface area contributed by atoms with Gasteiger partial charge in [0, 0.05) is 7.05 Å². The minimum Gasteiger partial charge on any atom is -0.319 e. The van der Waals surface area contributed by atoms with Gasteiger partial charge in [-0.05, 0) is 13.8 Å². The number of hydrogen-bond donors (Lipinski definition) is 0. The van der Waals surface area contributed by atoms with Gasteiger partial charge in [-0.25, -0.2) is 0 Å². The molecule has 0 aliphatic heterocycles. The maximum atomic E-state index is 3.83. The van der Waals surface area contributed by atoms with Gasteiger partial charge in [0.1, 0.15) is 11.6 Å². The van der Waals surface area contributed by atoms with Crippen LogP contribution in [0.25, 0.3) is 0 Å². The maximum absolute atomic E-state index is 3.83. The van der Waals surface area contributed by atoms with Gasteiger partial charge < -0.3 is 4.57 Å². The number of aryl methyl sites for hydroxylation is 2. The molecule has 1 aromatic heterocycles. The highest BCUT2D eigenvalue weighted by molar-refractivity contribution is 4.88. The lowest BCUT2D eigenvalue weighted by atomic mass is 10.6. The first-order valence-corrected chi connectivity index (χ1v) is 3.54. The van der Waals surface area contributed by atoms with Crippen LogP contribution in [0, 0.1) is 13.8 Å². The molecule has 0 bridgehead atoms. The molecular formula is C7H15N3. The zero-order valence-corrected chi connectivity index (χ0v) is 7.34. The molecule has 0 atom stereocenters. The van der Waals surface area contributed by atoms with Crippen molar-refractivity contribution in [3.8, 4) is 0 Å². The van der Waals surface area contributed by atoms with Crippen LogP contribution < -0.4 is 0 Å². The van der Waals surface area contributed by atoms with E-state index in [0.29, 0.717) is 0 Å². The van der Waals surface area contributed by atoms with E-state index in [-0.39, 0.29) is 0 Å². The van der Waals surface area contributed by atoms with Gasteiger partial charge in [0.05, 0.1) is 0 Å². The van der Waals surface area contributed by atoms with E-state index in [1.165, 1.54) is 0 Å². The first kappa shape index (κ1) is 9.14. The minimum atomic E-state index is 0.961. The number of aromatic nitrogens is 3. The highest BCUT2D eigenvalue weighted by Gasteiger charge is 1.94. The average molecular weight is 141 g/mol. The van der Waals surface area contributed by atoms with E-state index in [1.54, 1.807) is 0 Å². The largest absolute Gasteiger partial charge is 0.319 e. The number of nitrogens with zero attached hydrogens (tertiary/aromatic N) is 3. The molecule has 0 spiro atoms. The normalized spacial score (nSPS) is 8.50. The van der Waals surface area contributed by atoms with Crippen molar-refractivity contribution in [2.75, 3.05) is 0 Å². The zero-order chi connectivity index (χ0) is 8.15. The quantitative estimate of drug-likeness (QED) is 0.547. The van der Waals surface area contributed by atoms with Crippen LogP contribution in [0.3, 0.4) is 0 Å². The third-order valence-corrected chi connectivity index (χ3v) is 1.31. The molecule has 1 rings (SSSR count). The lowest BCUT2D eigenvalue weighted by Gasteiger charge is -1.90. The van der Waals surface area contributed by atoms with Gasteiger partial charge >= 0.3 is 0 Å². The summed E-state index contributed by atoms with van der Waals surface area (Å²) < 4.78 is 1.94. The van der Waals surface area contributed by atoms with Gasteiger partial charge in [0.25, 0.3) is 0 Å². The molecule has 58 valence electrons. The van der Waals surface area contributed by atoms with Crippen molar-refractivity contribution in [3.63, 3.8) is 0 Å². The Balaban J connectivity index is 0.000000371. The Bertz CT molecular complexity index is 171. The lowest BCUT2D eigenvalue weighted by Crippen LogP contribution is -1.92. The van der Waals surface area contributed by atoms with E-state index >= 15 is 0 Å². The van der Waals surface area contributed by atoms with Crippen LogP contribution in [-0.2, 0) is 7.05 Å². The van der Waals surface area contributed by atoms with Gasteiger partial charge in [-0.3, -0.25) is 0 Å². The van der Waals surface area contributed by atoms with Crippen molar-refractivity contribution >= 4 is 0 Å². The molecule has 0 saturated heterocycles. The first-order valence-electron chi connectivity index (χ1n) is 3.54. The van der Waals surface area contributed by atoms with E-state index in [2.05, 4.69) is 10.2 Å². The molecule has 0 aliphatic rings. The standard InChI is InChI=1S/C5H9N3.C2H6/c1-4-6-7-5(2)8(4)3;1-2/h1-3H3;1-2H3. The molecule has 10 heavy (non-hydrogen) atoms. The molecule has 1 heterocycles. The Kier molecular flexibility index (Phi) is 3.69. The Morgan fingerprint density at radius 3 is 1.40 bits per heavy atom. The molecule has 0 unspecified atom stereocenters. The summed E-state index contributed by atoms with van der Waals surface area (Å²) in [5.74, 6) is 1.92. The van der Waals surface area contributed by atoms with Crippen LogP contribution in [0.1, 0.15) is 25.5 Å². The lowest BCUT2D eigenvalue weighted by molar-refractivity contribution is 0.823. The van der Waals surface area contributed by atoms with E-state index in [1.807, 2.05) is 39.3 Å². The molecule has 3 heteroatoms. The molecule has 0 saturated carbocycles. The zero-order valence-electron chi connectivity index (χ0n) is 7.34. The van der Waals surface area contributed by atoms with Gasteiger partial charge in [-0.15, -0.1) is 10.2 Å². The Labute approximate surface area is 62.1 Å². The Morgan fingerprint density at radius 1 is 1.00 bits per heavy atom. The van der Waals surface area contributed by atoms with E-state index in [9.17, 15) is 0 Å². The molecular weight excluding hydrogens is 126 g/mol. The van der Waals surface area contributed by atoms with Crippen LogP contribution >= 0.6 is 0 Å². The molecule has 3 nitrogen and oxygen atoms in total. The summed E-state index contributed by atoms with van der Waals surface area (Å²) in [6.07, 6.45) is 0. The van der Waals surface area contributed by atoms with Crippen LogP contribution in [0.5, 0.6) is 0 Å². The fourth-order valence-corrected chi connectivity index (χ4v) is 0.513. The highest BCUT2D eigenvalue weighted by atomic mass is 15.3. The van der Waals surface area contributed by atoms with Crippen LogP contribution in [0.2, 0.25) is 0 Å². The van der Waals surface area contributed by atoms with E-state index in [4.69, 9.17) is 0 Å². The second-order valence-electron chi connectivity index (χ2n) is 1.85. The summed E-state index contributed by atoms with van der Waals surface area (Å²) in [4.78, 5) is 0. The van der Waals surface area contributed by atoms with E-state index in [0.717, 1.165) is 11.6 Å². The topological polar surface area (TPSA) is 30.7 Å². The molecule has 0 N–H and O–H groups in total. The fraction of sp³-hybridized carbons (Fsp3) is 0.714. The summed E-state index contributed by atoms with van der Waals surface area (Å²) in [5, 5.41) is 7.66. The Hall–Kier alpha value is -0.860. The summed E-state index contributed by atoms with van der Waals surface area (Å²) in [6, 6.07) is 0. The second-order valence-corrected chi connectivity index (χ2v) is 1.85. The predicted octanol–water partition coefficient (Wildman–Crippen LogP) is 1.46. The number of hydrogen-bond acceptors (Lipinski definition) is 2. The molecule has 1 aromatic rings. The van der Waals surface area contributed by atoms with Crippen LogP contribution in [-0.4, -0.2) is 14.8 Å². The van der Waals surface area contributed by atoms with Gasteiger partial charge in [-0.1, -0.05) is 13.8 Å². The van der Waals surface area contributed by atoms with Crippen molar-refractivity contribution < 1.29 is 0 Å². The van der Waals surface area contributed by atoms with Gasteiger partial charge in [0.2, 0.25) is 0 Å². The molecule has 0 aliphatic carbocycles. The average Bonchev–Trinajstić information content (AvgIpc) is 2.25. The molecule has 0 radical (unpaired) electrons. The molecule has 0 aromatic carbocycles. The van der Waals surface area contributed by atoms with Crippen molar-refractivity contribution in [2.24, 2.45) is 7.05 Å². The van der Waals surface area contributed by atoms with E-state index < -0.39 is 0 Å². The van der Waals surface area contributed by atoms with Crippen molar-refractivity contribution in [1.82, 2.24) is 14.8 Å². The summed E-state index contributed by atoms with van der Waals surface area (Å²) in [5.41, 5.74) is 0. The maximum Gasteiger partial charge on any atom is 0.129 e. The summed E-state index contributed by atoms with van der Waals surface area (Å²) >= 11 is 0. The fourth-order valence-electron chi connectivity index (χ4n) is 0.513.